The maximum absolute atomic E-state index is 5.10. The van der Waals surface area contributed by atoms with Gasteiger partial charge >= 0.3 is 0 Å². The van der Waals surface area contributed by atoms with E-state index >= 15 is 0 Å². The summed E-state index contributed by atoms with van der Waals surface area (Å²) in [5.41, 5.74) is 0.981. The topological polar surface area (TPSA) is 60.0 Å². The van der Waals surface area contributed by atoms with Crippen LogP contribution in [-0.2, 0) is 19.6 Å². The Morgan fingerprint density at radius 3 is 2.84 bits per heavy atom. The van der Waals surface area contributed by atoms with Crippen LogP contribution in [0.5, 0.6) is 0 Å². The van der Waals surface area contributed by atoms with Gasteiger partial charge in [0, 0.05) is 31.6 Å². The Morgan fingerprint density at radius 2 is 2.16 bits per heavy atom. The fourth-order valence-electron chi connectivity index (χ4n) is 2.51. The summed E-state index contributed by atoms with van der Waals surface area (Å²) in [6.07, 6.45) is 0. The lowest BCUT2D eigenvalue weighted by Gasteiger charge is -2.27. The first-order valence-electron chi connectivity index (χ1n) is 6.70. The fourth-order valence-corrected chi connectivity index (χ4v) is 2.51. The summed E-state index contributed by atoms with van der Waals surface area (Å²) in [6.45, 7) is 9.80. The van der Waals surface area contributed by atoms with Gasteiger partial charge in [-0.15, -0.1) is 10.2 Å². The van der Waals surface area contributed by atoms with E-state index in [4.69, 9.17) is 4.52 Å². The Bertz CT molecular complexity index is 571. The van der Waals surface area contributed by atoms with Gasteiger partial charge in [0.05, 0.1) is 12.2 Å². The lowest BCUT2D eigenvalue weighted by atomic mass is 10.2. The lowest BCUT2D eigenvalue weighted by molar-refractivity contribution is 0.201. The van der Waals surface area contributed by atoms with Gasteiger partial charge in [0.15, 0.2) is 0 Å². The van der Waals surface area contributed by atoms with Crippen molar-refractivity contribution in [3.63, 3.8) is 0 Å². The van der Waals surface area contributed by atoms with Gasteiger partial charge in [0.1, 0.15) is 17.4 Å². The van der Waals surface area contributed by atoms with Crippen LogP contribution in [0.25, 0.3) is 0 Å². The van der Waals surface area contributed by atoms with Crippen molar-refractivity contribution in [3.8, 4) is 0 Å². The zero-order valence-electron chi connectivity index (χ0n) is 11.6. The van der Waals surface area contributed by atoms with Crippen molar-refractivity contribution >= 4 is 0 Å². The smallest absolute Gasteiger partial charge is 0.147 e. The summed E-state index contributed by atoms with van der Waals surface area (Å²) in [4.78, 5) is 2.32. The van der Waals surface area contributed by atoms with Crippen LogP contribution in [0.1, 0.15) is 42.9 Å². The fraction of sp³-hybridized carbons (Fsp3) is 0.615. The van der Waals surface area contributed by atoms with E-state index in [-0.39, 0.29) is 0 Å². The molecule has 0 saturated carbocycles. The van der Waals surface area contributed by atoms with Crippen LogP contribution in [0, 0.1) is 6.92 Å². The van der Waals surface area contributed by atoms with Crippen LogP contribution in [0.15, 0.2) is 10.6 Å². The highest BCUT2D eigenvalue weighted by molar-refractivity contribution is 5.06. The molecule has 0 aromatic carbocycles. The molecule has 6 heteroatoms. The third-order valence-electron chi connectivity index (χ3n) is 3.44. The normalized spacial score (nSPS) is 16.0. The van der Waals surface area contributed by atoms with Gasteiger partial charge in [-0.1, -0.05) is 19.0 Å². The highest BCUT2D eigenvalue weighted by Gasteiger charge is 2.22. The molecule has 3 rings (SSSR count). The summed E-state index contributed by atoms with van der Waals surface area (Å²) in [5, 5.41) is 12.6. The molecule has 3 heterocycles. The Kier molecular flexibility index (Phi) is 3.10. The maximum Gasteiger partial charge on any atom is 0.147 e. The first-order valence-corrected chi connectivity index (χ1v) is 6.70. The third-order valence-corrected chi connectivity index (χ3v) is 3.44. The third kappa shape index (κ3) is 2.40. The van der Waals surface area contributed by atoms with Crippen molar-refractivity contribution in [1.82, 2.24) is 24.8 Å². The Balaban J connectivity index is 1.72. The quantitative estimate of drug-likeness (QED) is 0.841. The number of rotatable bonds is 3. The maximum atomic E-state index is 5.10. The zero-order chi connectivity index (χ0) is 13.4. The second-order valence-corrected chi connectivity index (χ2v) is 5.42. The molecule has 2 aromatic rings. The Hall–Kier alpha value is -1.69. The molecule has 1 aliphatic heterocycles. The molecule has 0 bridgehead atoms. The summed E-state index contributed by atoms with van der Waals surface area (Å²) in [5.74, 6) is 3.42. The van der Waals surface area contributed by atoms with Gasteiger partial charge in [-0.05, 0) is 6.92 Å². The average Bonchev–Trinajstić information content (AvgIpc) is 2.95. The monoisotopic (exact) mass is 261 g/mol. The standard InChI is InChI=1S/C13H19N5O/c1-9(2)13-15-14-12-8-17(4-5-18(12)13)7-11-6-10(3)19-16-11/h6,9H,4-5,7-8H2,1-3H3. The first-order chi connectivity index (χ1) is 9.13. The SMILES string of the molecule is Cc1cc(CN2CCn3c(nnc3C(C)C)C2)no1. The van der Waals surface area contributed by atoms with Crippen molar-refractivity contribution in [2.24, 2.45) is 0 Å². The molecule has 0 radical (unpaired) electrons. The van der Waals surface area contributed by atoms with E-state index in [1.54, 1.807) is 0 Å². The molecule has 6 nitrogen and oxygen atoms in total. The highest BCUT2D eigenvalue weighted by atomic mass is 16.5. The summed E-state index contributed by atoms with van der Waals surface area (Å²) >= 11 is 0. The molecule has 0 N–H and O–H groups in total. The summed E-state index contributed by atoms with van der Waals surface area (Å²) in [6, 6.07) is 1.98. The van der Waals surface area contributed by atoms with Gasteiger partial charge in [0.2, 0.25) is 0 Å². The molecular weight excluding hydrogens is 242 g/mol. The molecule has 0 fully saturated rings. The van der Waals surface area contributed by atoms with Gasteiger partial charge in [0.25, 0.3) is 0 Å². The molecule has 19 heavy (non-hydrogen) atoms. The van der Waals surface area contributed by atoms with Gasteiger partial charge in [-0.2, -0.15) is 0 Å². The minimum absolute atomic E-state index is 0.422. The largest absolute Gasteiger partial charge is 0.361 e. The number of hydrogen-bond acceptors (Lipinski definition) is 5. The molecule has 0 unspecified atom stereocenters. The minimum atomic E-state index is 0.422. The van der Waals surface area contributed by atoms with E-state index in [2.05, 4.69) is 38.7 Å². The Morgan fingerprint density at radius 1 is 1.32 bits per heavy atom. The second-order valence-electron chi connectivity index (χ2n) is 5.42. The number of aromatic nitrogens is 4. The van der Waals surface area contributed by atoms with Gasteiger partial charge in [-0.25, -0.2) is 0 Å². The van der Waals surface area contributed by atoms with E-state index in [9.17, 15) is 0 Å². The number of fused-ring (bicyclic) bond motifs is 1. The average molecular weight is 261 g/mol. The lowest BCUT2D eigenvalue weighted by Crippen LogP contribution is -2.34. The van der Waals surface area contributed by atoms with Crippen molar-refractivity contribution in [3.05, 3.63) is 29.2 Å². The second kappa shape index (κ2) is 4.77. The van der Waals surface area contributed by atoms with E-state index in [1.807, 2.05) is 13.0 Å². The Labute approximate surface area is 112 Å². The van der Waals surface area contributed by atoms with Crippen LogP contribution in [-0.4, -0.2) is 31.4 Å². The molecule has 2 aromatic heterocycles. The number of hydrogen-bond donors (Lipinski definition) is 0. The molecule has 0 saturated heterocycles. The van der Waals surface area contributed by atoms with E-state index < -0.39 is 0 Å². The van der Waals surface area contributed by atoms with Crippen molar-refractivity contribution in [2.75, 3.05) is 6.54 Å². The van der Waals surface area contributed by atoms with Crippen molar-refractivity contribution < 1.29 is 4.52 Å². The van der Waals surface area contributed by atoms with E-state index in [0.717, 1.165) is 49.3 Å². The predicted molar refractivity (Wildman–Crippen MR) is 69.5 cm³/mol. The van der Waals surface area contributed by atoms with Crippen LogP contribution in [0.3, 0.4) is 0 Å². The molecule has 0 spiro atoms. The molecule has 0 amide bonds. The van der Waals surface area contributed by atoms with Crippen molar-refractivity contribution in [2.45, 2.75) is 46.3 Å². The minimum Gasteiger partial charge on any atom is -0.361 e. The van der Waals surface area contributed by atoms with Crippen molar-refractivity contribution in [1.29, 1.82) is 0 Å². The van der Waals surface area contributed by atoms with Gasteiger partial charge in [-0.3, -0.25) is 4.90 Å². The number of aryl methyl sites for hydroxylation is 1. The van der Waals surface area contributed by atoms with Crippen LogP contribution in [0.2, 0.25) is 0 Å². The summed E-state index contributed by atoms with van der Waals surface area (Å²) < 4.78 is 7.35. The molecule has 0 atom stereocenters. The van der Waals surface area contributed by atoms with E-state index in [1.165, 1.54) is 0 Å². The number of nitrogens with zero attached hydrogens (tertiary/aromatic N) is 5. The highest BCUT2D eigenvalue weighted by Crippen LogP contribution is 2.19. The predicted octanol–water partition coefficient (Wildman–Crippen LogP) is 1.71. The van der Waals surface area contributed by atoms with Crippen LogP contribution in [0.4, 0.5) is 0 Å². The zero-order valence-corrected chi connectivity index (χ0v) is 11.6. The van der Waals surface area contributed by atoms with Crippen LogP contribution >= 0.6 is 0 Å². The molecular formula is C13H19N5O. The van der Waals surface area contributed by atoms with E-state index in [0.29, 0.717) is 5.92 Å². The van der Waals surface area contributed by atoms with Gasteiger partial charge < -0.3 is 9.09 Å². The first kappa shape index (κ1) is 12.3. The summed E-state index contributed by atoms with van der Waals surface area (Å²) in [7, 11) is 0. The molecule has 1 aliphatic rings. The van der Waals surface area contributed by atoms with Crippen LogP contribution < -0.4 is 0 Å². The molecule has 0 aliphatic carbocycles. The molecule has 102 valence electrons.